The number of carbonyl (C=O) groups is 1. The Hall–Kier alpha value is -2.19. The number of aromatic nitrogens is 2. The highest BCUT2D eigenvalue weighted by Gasteiger charge is 2.56. The summed E-state index contributed by atoms with van der Waals surface area (Å²) in [5.41, 5.74) is 0.270. The van der Waals surface area contributed by atoms with Gasteiger partial charge in [-0.15, -0.1) is 0 Å². The maximum Gasteiger partial charge on any atom is 0.453 e. The Morgan fingerprint density at radius 3 is 2.57 bits per heavy atom. The van der Waals surface area contributed by atoms with Crippen molar-refractivity contribution in [1.29, 1.82) is 0 Å². The van der Waals surface area contributed by atoms with Gasteiger partial charge >= 0.3 is 18.1 Å². The van der Waals surface area contributed by atoms with Crippen molar-refractivity contribution < 1.29 is 31.5 Å². The summed E-state index contributed by atoms with van der Waals surface area (Å²) < 4.78 is 68.9. The lowest BCUT2D eigenvalue weighted by Gasteiger charge is -2.18. The first-order valence-electron chi connectivity index (χ1n) is 6.75. The van der Waals surface area contributed by atoms with Crippen molar-refractivity contribution in [1.82, 2.24) is 9.38 Å². The van der Waals surface area contributed by atoms with E-state index in [9.17, 15) is 26.7 Å². The van der Waals surface area contributed by atoms with E-state index in [1.54, 1.807) is 19.1 Å². The number of pyridine rings is 1. The zero-order valence-corrected chi connectivity index (χ0v) is 12.0. The molecule has 0 aliphatic rings. The summed E-state index contributed by atoms with van der Waals surface area (Å²) in [6.45, 7) is 1.67. The fraction of sp³-hybridized carbons (Fsp3) is 0.429. The molecule has 0 unspecified atom stereocenters. The number of hydrogen-bond donors (Lipinski definition) is 0. The third-order valence-corrected chi connectivity index (χ3v) is 3.17. The summed E-state index contributed by atoms with van der Waals surface area (Å²) in [4.78, 5) is 15.7. The van der Waals surface area contributed by atoms with Gasteiger partial charge in [0, 0.05) is 12.6 Å². The van der Waals surface area contributed by atoms with Gasteiger partial charge in [-0.05, 0) is 25.5 Å². The van der Waals surface area contributed by atoms with Gasteiger partial charge in [-0.25, -0.2) is 9.78 Å². The summed E-state index contributed by atoms with van der Waals surface area (Å²) >= 11 is 0. The van der Waals surface area contributed by atoms with Crippen molar-refractivity contribution in [2.45, 2.75) is 31.9 Å². The molecule has 0 bridgehead atoms. The van der Waals surface area contributed by atoms with E-state index in [0.29, 0.717) is 0 Å². The summed E-state index contributed by atoms with van der Waals surface area (Å²) in [7, 11) is 0. The van der Waals surface area contributed by atoms with Crippen molar-refractivity contribution >= 4 is 11.5 Å². The van der Waals surface area contributed by atoms with Gasteiger partial charge in [0.2, 0.25) is 5.82 Å². The quantitative estimate of drug-likeness (QED) is 0.618. The molecular formula is C14H13F5N2O2. The number of carbonyl (C=O) groups excluding carboxylic acids is 1. The van der Waals surface area contributed by atoms with Crippen molar-refractivity contribution in [3.8, 4) is 0 Å². The van der Waals surface area contributed by atoms with Crippen molar-refractivity contribution in [2.24, 2.45) is 0 Å². The molecule has 4 nitrogen and oxygen atoms in total. The number of halogens is 5. The molecule has 2 aromatic rings. The maximum absolute atomic E-state index is 13.1. The van der Waals surface area contributed by atoms with Crippen LogP contribution in [0.25, 0.3) is 5.52 Å². The first-order chi connectivity index (χ1) is 10.7. The third kappa shape index (κ3) is 3.43. The molecule has 0 aliphatic heterocycles. The summed E-state index contributed by atoms with van der Waals surface area (Å²) in [6, 6.07) is 4.62. The van der Waals surface area contributed by atoms with Crippen LogP contribution in [0.1, 0.15) is 29.7 Å². The molecule has 0 aromatic carbocycles. The fourth-order valence-electron chi connectivity index (χ4n) is 2.04. The number of esters is 1. The molecule has 0 saturated heterocycles. The molecular weight excluding hydrogens is 323 g/mol. The van der Waals surface area contributed by atoms with Gasteiger partial charge in [0.1, 0.15) is 0 Å². The number of aryl methyl sites for hydroxylation is 1. The lowest BCUT2D eigenvalue weighted by Crippen LogP contribution is -2.36. The molecule has 0 amide bonds. The number of ether oxygens (including phenoxy) is 1. The second-order valence-electron chi connectivity index (χ2n) is 4.76. The van der Waals surface area contributed by atoms with E-state index in [-0.39, 0.29) is 23.6 Å². The second kappa shape index (κ2) is 6.13. The average Bonchev–Trinajstić information content (AvgIpc) is 2.83. The van der Waals surface area contributed by atoms with Crippen LogP contribution in [-0.4, -0.2) is 34.1 Å². The number of alkyl halides is 5. The minimum Gasteiger partial charge on any atom is -0.460 e. The smallest absolute Gasteiger partial charge is 0.453 e. The molecule has 0 N–H and O–H groups in total. The van der Waals surface area contributed by atoms with Crippen molar-refractivity contribution in [3.05, 3.63) is 35.9 Å². The molecule has 0 atom stereocenters. The first-order valence-corrected chi connectivity index (χ1v) is 6.75. The van der Waals surface area contributed by atoms with Crippen molar-refractivity contribution in [3.63, 3.8) is 0 Å². The van der Waals surface area contributed by atoms with Crippen LogP contribution in [0.15, 0.2) is 24.4 Å². The Morgan fingerprint density at radius 1 is 1.26 bits per heavy atom. The Kier molecular flexibility index (Phi) is 4.58. The van der Waals surface area contributed by atoms with Crippen LogP contribution in [0.2, 0.25) is 0 Å². The van der Waals surface area contributed by atoms with Crippen molar-refractivity contribution in [2.75, 3.05) is 6.61 Å². The summed E-state index contributed by atoms with van der Waals surface area (Å²) in [5, 5.41) is 0. The molecule has 0 radical (unpaired) electrons. The first kappa shape index (κ1) is 17.2. The van der Waals surface area contributed by atoms with E-state index in [2.05, 4.69) is 4.98 Å². The number of rotatable bonds is 5. The molecule has 23 heavy (non-hydrogen) atoms. The molecule has 126 valence electrons. The fourth-order valence-corrected chi connectivity index (χ4v) is 2.04. The Labute approximate surface area is 127 Å². The van der Waals surface area contributed by atoms with Gasteiger partial charge in [-0.1, -0.05) is 6.07 Å². The van der Waals surface area contributed by atoms with Crippen LogP contribution in [0.5, 0.6) is 0 Å². The van der Waals surface area contributed by atoms with E-state index < -0.39 is 30.9 Å². The van der Waals surface area contributed by atoms with Crippen LogP contribution in [0.3, 0.4) is 0 Å². The number of fused-ring (bicyclic) bond motifs is 1. The summed E-state index contributed by atoms with van der Waals surface area (Å²) in [6.07, 6.45) is -6.23. The van der Waals surface area contributed by atoms with Gasteiger partial charge in [0.05, 0.1) is 17.8 Å². The van der Waals surface area contributed by atoms with E-state index >= 15 is 0 Å². The van der Waals surface area contributed by atoms with Crippen LogP contribution >= 0.6 is 0 Å². The molecule has 2 aromatic heterocycles. The molecule has 0 aliphatic carbocycles. The average molecular weight is 336 g/mol. The molecule has 9 heteroatoms. The molecule has 0 spiro atoms. The predicted molar refractivity (Wildman–Crippen MR) is 70.5 cm³/mol. The van der Waals surface area contributed by atoms with Crippen LogP contribution in [0.4, 0.5) is 22.0 Å². The summed E-state index contributed by atoms with van der Waals surface area (Å²) in [5.74, 6) is -5.75. The molecule has 0 saturated carbocycles. The monoisotopic (exact) mass is 336 g/mol. The highest BCUT2D eigenvalue weighted by atomic mass is 19.4. The lowest BCUT2D eigenvalue weighted by molar-refractivity contribution is -0.284. The topological polar surface area (TPSA) is 43.6 Å². The minimum absolute atomic E-state index is 0.0161. The molecule has 0 fully saturated rings. The largest absolute Gasteiger partial charge is 0.460 e. The van der Waals surface area contributed by atoms with E-state index in [4.69, 9.17) is 4.74 Å². The van der Waals surface area contributed by atoms with Crippen LogP contribution in [0, 0.1) is 0 Å². The Bertz CT molecular complexity index is 709. The zero-order valence-electron chi connectivity index (χ0n) is 12.0. The normalized spacial score (nSPS) is 12.6. The Morgan fingerprint density at radius 2 is 1.96 bits per heavy atom. The van der Waals surface area contributed by atoms with Crippen LogP contribution < -0.4 is 0 Å². The maximum atomic E-state index is 13.1. The molecule has 2 rings (SSSR count). The van der Waals surface area contributed by atoms with Gasteiger partial charge in [-0.2, -0.15) is 22.0 Å². The predicted octanol–water partition coefficient (Wildman–Crippen LogP) is 3.64. The SMILES string of the molecule is CCOC(=O)c1nc(CCC(F)(F)C(F)(F)F)c2ccccn12. The van der Waals surface area contributed by atoms with E-state index in [1.807, 2.05) is 0 Å². The van der Waals surface area contributed by atoms with Crippen LogP contribution in [-0.2, 0) is 11.2 Å². The Balaban J connectivity index is 2.33. The number of hydrogen-bond acceptors (Lipinski definition) is 3. The van der Waals surface area contributed by atoms with E-state index in [0.717, 1.165) is 0 Å². The number of imidazole rings is 1. The standard InChI is InChI=1S/C14H13F5N2O2/c1-2-23-12(22)11-20-9(10-5-3-4-8-21(10)11)6-7-13(15,16)14(17,18)19/h3-5,8H,2,6-7H2,1H3. The minimum atomic E-state index is -5.62. The lowest BCUT2D eigenvalue weighted by atomic mass is 10.1. The van der Waals surface area contributed by atoms with Gasteiger partial charge in [-0.3, -0.25) is 4.40 Å². The third-order valence-electron chi connectivity index (χ3n) is 3.17. The van der Waals surface area contributed by atoms with E-state index in [1.165, 1.54) is 16.7 Å². The molecule has 2 heterocycles. The van der Waals surface area contributed by atoms with Gasteiger partial charge in [0.15, 0.2) is 0 Å². The second-order valence-corrected chi connectivity index (χ2v) is 4.76. The van der Waals surface area contributed by atoms with Gasteiger partial charge in [0.25, 0.3) is 0 Å². The highest BCUT2D eigenvalue weighted by Crippen LogP contribution is 2.39. The van der Waals surface area contributed by atoms with Gasteiger partial charge < -0.3 is 4.74 Å². The number of nitrogens with zero attached hydrogens (tertiary/aromatic N) is 2. The highest BCUT2D eigenvalue weighted by molar-refractivity contribution is 5.87. The zero-order chi connectivity index (χ0) is 17.3.